The number of aromatic carboxylic acids is 1. The van der Waals surface area contributed by atoms with Gasteiger partial charge < -0.3 is 5.11 Å². The molecule has 0 amide bonds. The smallest absolute Gasteiger partial charge is 0.340 e. The topological polar surface area (TPSA) is 80.4 Å². The van der Waals surface area contributed by atoms with Crippen molar-refractivity contribution >= 4 is 23.2 Å². The van der Waals surface area contributed by atoms with E-state index in [1.54, 1.807) is 24.5 Å². The summed E-state index contributed by atoms with van der Waals surface area (Å²) in [7, 11) is 0. The number of rotatable bonds is 3. The number of nitrogens with zero attached hydrogens (tertiary/aromatic N) is 4. The van der Waals surface area contributed by atoms with Crippen LogP contribution in [0.15, 0.2) is 30.6 Å². The third kappa shape index (κ3) is 2.23. The number of fused-ring (bicyclic) bond motifs is 1. The Morgan fingerprint density at radius 2 is 2.29 bits per heavy atom. The fourth-order valence-corrected chi connectivity index (χ4v) is 2.36. The van der Waals surface area contributed by atoms with Crippen LogP contribution in [0.25, 0.3) is 16.8 Å². The summed E-state index contributed by atoms with van der Waals surface area (Å²) >= 11 is 5.74. The zero-order chi connectivity index (χ0) is 15.0. The van der Waals surface area contributed by atoms with Crippen molar-refractivity contribution in [1.29, 1.82) is 0 Å². The van der Waals surface area contributed by atoms with Crippen LogP contribution in [-0.2, 0) is 5.88 Å². The maximum atomic E-state index is 11.7. The van der Waals surface area contributed by atoms with Crippen LogP contribution < -0.4 is 0 Å². The number of pyridine rings is 2. The molecule has 3 aromatic rings. The van der Waals surface area contributed by atoms with Crippen molar-refractivity contribution in [3.8, 4) is 11.1 Å². The van der Waals surface area contributed by atoms with Gasteiger partial charge in [0.05, 0.1) is 5.88 Å². The number of halogens is 1. The lowest BCUT2D eigenvalue weighted by atomic mass is 10.0. The molecule has 3 heterocycles. The summed E-state index contributed by atoms with van der Waals surface area (Å²) in [6, 6.07) is 5.33. The molecule has 106 valence electrons. The molecule has 0 aromatic carbocycles. The normalized spacial score (nSPS) is 11.0. The first kappa shape index (κ1) is 13.5. The Balaban J connectivity index is 2.39. The molecule has 21 heavy (non-hydrogen) atoms. The quantitative estimate of drug-likeness (QED) is 0.752. The standard InChI is InChI=1S/C14H11ClN4O2/c1-8-5-10(9-3-2-4-16-7-9)12(14(20)21)13-17-11(6-15)18-19(8)13/h2-5,7H,6H2,1H3,(H,20,21). The molecule has 3 rings (SSSR count). The number of carboxylic acid groups (broad SMARTS) is 1. The highest BCUT2D eigenvalue weighted by Crippen LogP contribution is 2.27. The number of hydrogen-bond acceptors (Lipinski definition) is 4. The van der Waals surface area contributed by atoms with E-state index < -0.39 is 5.97 Å². The minimum absolute atomic E-state index is 0.0949. The molecular formula is C14H11ClN4O2. The van der Waals surface area contributed by atoms with E-state index in [0.29, 0.717) is 11.4 Å². The molecule has 0 radical (unpaired) electrons. The maximum absolute atomic E-state index is 11.7. The number of hydrogen-bond donors (Lipinski definition) is 1. The van der Waals surface area contributed by atoms with Crippen LogP contribution in [-0.4, -0.2) is 30.7 Å². The van der Waals surface area contributed by atoms with Crippen LogP contribution in [0.4, 0.5) is 0 Å². The fraction of sp³-hybridized carbons (Fsp3) is 0.143. The van der Waals surface area contributed by atoms with E-state index >= 15 is 0 Å². The first-order valence-corrected chi connectivity index (χ1v) is 6.74. The van der Waals surface area contributed by atoms with Gasteiger partial charge in [0, 0.05) is 29.2 Å². The number of aromatic nitrogens is 4. The summed E-state index contributed by atoms with van der Waals surface area (Å²) in [6.07, 6.45) is 3.26. The van der Waals surface area contributed by atoms with Gasteiger partial charge >= 0.3 is 5.97 Å². The van der Waals surface area contributed by atoms with E-state index in [2.05, 4.69) is 15.1 Å². The van der Waals surface area contributed by atoms with E-state index in [1.165, 1.54) is 4.52 Å². The first-order chi connectivity index (χ1) is 10.1. The van der Waals surface area contributed by atoms with Gasteiger partial charge in [-0.15, -0.1) is 16.7 Å². The zero-order valence-corrected chi connectivity index (χ0v) is 11.9. The minimum Gasteiger partial charge on any atom is -0.478 e. The predicted molar refractivity (Wildman–Crippen MR) is 77.5 cm³/mol. The molecule has 0 saturated carbocycles. The van der Waals surface area contributed by atoms with Crippen LogP contribution in [0.5, 0.6) is 0 Å². The Morgan fingerprint density at radius 1 is 1.48 bits per heavy atom. The van der Waals surface area contributed by atoms with Gasteiger partial charge in [-0.1, -0.05) is 6.07 Å². The molecule has 3 aromatic heterocycles. The summed E-state index contributed by atoms with van der Waals surface area (Å²) in [5.74, 6) is -0.541. The van der Waals surface area contributed by atoms with E-state index in [0.717, 1.165) is 11.3 Å². The number of alkyl halides is 1. The second kappa shape index (κ2) is 5.14. The molecule has 0 fully saturated rings. The van der Waals surface area contributed by atoms with Crippen LogP contribution in [0.3, 0.4) is 0 Å². The molecule has 0 atom stereocenters. The van der Waals surface area contributed by atoms with E-state index in [4.69, 9.17) is 11.6 Å². The third-order valence-corrected chi connectivity index (χ3v) is 3.38. The lowest BCUT2D eigenvalue weighted by molar-refractivity contribution is 0.0699. The minimum atomic E-state index is -1.06. The fourth-order valence-electron chi connectivity index (χ4n) is 2.24. The van der Waals surface area contributed by atoms with Gasteiger partial charge in [0.2, 0.25) is 0 Å². The summed E-state index contributed by atoms with van der Waals surface area (Å²) in [6.45, 7) is 1.84. The van der Waals surface area contributed by atoms with Gasteiger partial charge in [0.1, 0.15) is 5.56 Å². The summed E-state index contributed by atoms with van der Waals surface area (Å²) in [5, 5.41) is 13.8. The molecule has 0 bridgehead atoms. The van der Waals surface area contributed by atoms with E-state index in [1.807, 2.05) is 13.0 Å². The monoisotopic (exact) mass is 302 g/mol. The average Bonchev–Trinajstić information content (AvgIpc) is 2.92. The SMILES string of the molecule is Cc1cc(-c2cccnc2)c(C(=O)O)c2nc(CCl)nn12. The van der Waals surface area contributed by atoms with Crippen molar-refractivity contribution < 1.29 is 9.90 Å². The van der Waals surface area contributed by atoms with Gasteiger partial charge in [-0.3, -0.25) is 4.98 Å². The molecule has 1 N–H and O–H groups in total. The molecule has 6 nitrogen and oxygen atoms in total. The van der Waals surface area contributed by atoms with Gasteiger partial charge in [0.25, 0.3) is 0 Å². The summed E-state index contributed by atoms with van der Waals surface area (Å²) in [4.78, 5) is 19.9. The molecule has 7 heteroatoms. The van der Waals surface area contributed by atoms with Crippen LogP contribution in [0, 0.1) is 6.92 Å². The Labute approximate surface area is 125 Å². The highest BCUT2D eigenvalue weighted by atomic mass is 35.5. The number of carbonyl (C=O) groups is 1. The Hall–Kier alpha value is -2.47. The van der Waals surface area contributed by atoms with Crippen LogP contribution in [0.2, 0.25) is 0 Å². The second-order valence-electron chi connectivity index (χ2n) is 4.52. The second-order valence-corrected chi connectivity index (χ2v) is 4.79. The van der Waals surface area contributed by atoms with E-state index in [9.17, 15) is 9.90 Å². The first-order valence-electron chi connectivity index (χ1n) is 6.20. The Bertz CT molecular complexity index is 830. The molecule has 0 unspecified atom stereocenters. The van der Waals surface area contributed by atoms with Gasteiger partial charge in [-0.05, 0) is 19.1 Å². The maximum Gasteiger partial charge on any atom is 0.340 e. The zero-order valence-electron chi connectivity index (χ0n) is 11.1. The lowest BCUT2D eigenvalue weighted by Gasteiger charge is -2.09. The van der Waals surface area contributed by atoms with Crippen molar-refractivity contribution in [2.45, 2.75) is 12.8 Å². The van der Waals surface area contributed by atoms with Gasteiger partial charge in [-0.2, -0.15) is 0 Å². The molecular weight excluding hydrogens is 292 g/mol. The molecule has 0 saturated heterocycles. The van der Waals surface area contributed by atoms with Crippen LogP contribution >= 0.6 is 11.6 Å². The third-order valence-electron chi connectivity index (χ3n) is 3.14. The Kier molecular flexibility index (Phi) is 3.31. The lowest BCUT2D eigenvalue weighted by Crippen LogP contribution is -2.06. The predicted octanol–water partition coefficient (Wildman–Crippen LogP) is 2.54. The highest BCUT2D eigenvalue weighted by molar-refractivity contribution is 6.16. The van der Waals surface area contributed by atoms with Gasteiger partial charge in [-0.25, -0.2) is 14.3 Å². The average molecular weight is 303 g/mol. The van der Waals surface area contributed by atoms with Gasteiger partial charge in [0.15, 0.2) is 11.5 Å². The van der Waals surface area contributed by atoms with Crippen molar-refractivity contribution in [2.24, 2.45) is 0 Å². The largest absolute Gasteiger partial charge is 0.478 e. The summed E-state index contributed by atoms with van der Waals surface area (Å²) in [5.41, 5.74) is 2.44. The number of carboxylic acids is 1. The van der Waals surface area contributed by atoms with E-state index in [-0.39, 0.29) is 17.1 Å². The molecule has 0 aliphatic rings. The van der Waals surface area contributed by atoms with Crippen molar-refractivity contribution in [2.75, 3.05) is 0 Å². The van der Waals surface area contributed by atoms with Crippen LogP contribution in [0.1, 0.15) is 21.9 Å². The van der Waals surface area contributed by atoms with Crippen molar-refractivity contribution in [3.05, 3.63) is 47.7 Å². The van der Waals surface area contributed by atoms with Crippen molar-refractivity contribution in [3.63, 3.8) is 0 Å². The summed E-state index contributed by atoms with van der Waals surface area (Å²) < 4.78 is 1.50. The number of aryl methyl sites for hydroxylation is 1. The molecule has 0 aliphatic heterocycles. The van der Waals surface area contributed by atoms with Crippen molar-refractivity contribution in [1.82, 2.24) is 19.6 Å². The molecule has 0 aliphatic carbocycles. The molecule has 0 spiro atoms. The Morgan fingerprint density at radius 3 is 2.90 bits per heavy atom. The highest BCUT2D eigenvalue weighted by Gasteiger charge is 2.21.